The largest absolute Gasteiger partial charge is 0.356 e. The Morgan fingerprint density at radius 1 is 1.67 bits per heavy atom. The topological polar surface area (TPSA) is 39.1 Å². The lowest BCUT2D eigenvalue weighted by molar-refractivity contribution is 0.537. The van der Waals surface area contributed by atoms with Gasteiger partial charge in [-0.2, -0.15) is 0 Å². The molecule has 2 rings (SSSR count). The van der Waals surface area contributed by atoms with Crippen molar-refractivity contribution in [2.45, 2.75) is 6.92 Å². The number of likely N-dealkylation sites (N-methyl/N-ethyl adjacent to an activating group) is 1. The summed E-state index contributed by atoms with van der Waals surface area (Å²) >= 11 is 1.61. The Hall–Kier alpha value is -0.900. The fourth-order valence-electron chi connectivity index (χ4n) is 1.47. The molecule has 0 spiro atoms. The molecule has 2 aliphatic heterocycles. The highest BCUT2D eigenvalue weighted by Gasteiger charge is 2.26. The second-order valence-electron chi connectivity index (χ2n) is 3.09. The fourth-order valence-corrected chi connectivity index (χ4v) is 2.27. The Morgan fingerprint density at radius 2 is 2.42 bits per heavy atom. The summed E-state index contributed by atoms with van der Waals surface area (Å²) in [6.07, 6.45) is 1.90. The molecule has 0 saturated carbocycles. The van der Waals surface area contributed by atoms with Gasteiger partial charge in [0.05, 0.1) is 0 Å². The van der Waals surface area contributed by atoms with Crippen molar-refractivity contribution in [3.8, 4) is 0 Å². The number of amidine groups is 1. The Morgan fingerprint density at radius 3 is 3.17 bits per heavy atom. The quantitative estimate of drug-likeness (QED) is 0.554. The smallest absolute Gasteiger partial charge is 0.130 e. The minimum atomic E-state index is 0.619. The Kier molecular flexibility index (Phi) is 1.65. The molecular weight excluding hydrogens is 170 g/mol. The van der Waals surface area contributed by atoms with Crippen molar-refractivity contribution in [3.63, 3.8) is 0 Å². The molecule has 0 atom stereocenters. The van der Waals surface area contributed by atoms with Crippen LogP contribution >= 0.6 is 11.9 Å². The second kappa shape index (κ2) is 2.55. The minimum Gasteiger partial charge on any atom is -0.356 e. The summed E-state index contributed by atoms with van der Waals surface area (Å²) in [5.74, 6) is 0.619. The van der Waals surface area contributed by atoms with Crippen molar-refractivity contribution >= 4 is 17.8 Å². The third-order valence-corrected chi connectivity index (χ3v) is 3.12. The molecule has 0 aliphatic carbocycles. The first kappa shape index (κ1) is 7.73. The van der Waals surface area contributed by atoms with Gasteiger partial charge in [-0.05, 0) is 24.4 Å². The van der Waals surface area contributed by atoms with Gasteiger partial charge in [-0.3, -0.25) is 5.41 Å². The van der Waals surface area contributed by atoms with Crippen molar-refractivity contribution in [1.29, 1.82) is 5.41 Å². The van der Waals surface area contributed by atoms with Gasteiger partial charge in [0.1, 0.15) is 5.84 Å². The maximum Gasteiger partial charge on any atom is 0.130 e. The van der Waals surface area contributed by atoms with E-state index in [9.17, 15) is 0 Å². The lowest BCUT2D eigenvalue weighted by Crippen LogP contribution is -2.33. The zero-order chi connectivity index (χ0) is 8.72. The molecule has 0 fully saturated rings. The molecule has 2 heterocycles. The molecule has 4 heteroatoms. The van der Waals surface area contributed by atoms with E-state index in [1.54, 1.807) is 11.9 Å². The van der Waals surface area contributed by atoms with E-state index in [0.717, 1.165) is 12.1 Å². The minimum absolute atomic E-state index is 0.619. The van der Waals surface area contributed by atoms with Crippen molar-refractivity contribution in [1.82, 2.24) is 9.62 Å². The van der Waals surface area contributed by atoms with E-state index in [1.165, 1.54) is 10.5 Å². The molecule has 0 amide bonds. The van der Waals surface area contributed by atoms with E-state index in [4.69, 9.17) is 5.41 Å². The second-order valence-corrected chi connectivity index (χ2v) is 3.94. The van der Waals surface area contributed by atoms with Gasteiger partial charge in [-0.25, -0.2) is 0 Å². The third-order valence-electron chi connectivity index (χ3n) is 2.11. The molecule has 64 valence electrons. The highest BCUT2D eigenvalue weighted by atomic mass is 32.2. The first-order valence-electron chi connectivity index (χ1n) is 3.83. The monoisotopic (exact) mass is 181 g/mol. The maximum absolute atomic E-state index is 7.78. The number of nitrogens with one attached hydrogen (secondary N) is 2. The van der Waals surface area contributed by atoms with Crippen LogP contribution in [0.4, 0.5) is 0 Å². The first-order valence-corrected chi connectivity index (χ1v) is 4.64. The SMILES string of the molecule is CC1=C2SNC=C2C(=N)N(C)C1. The van der Waals surface area contributed by atoms with Crippen molar-refractivity contribution in [2.24, 2.45) is 0 Å². The molecule has 0 unspecified atom stereocenters. The van der Waals surface area contributed by atoms with Gasteiger partial charge < -0.3 is 9.62 Å². The van der Waals surface area contributed by atoms with E-state index < -0.39 is 0 Å². The number of nitrogens with zero attached hydrogens (tertiary/aromatic N) is 1. The third kappa shape index (κ3) is 0.948. The van der Waals surface area contributed by atoms with Gasteiger partial charge in [0.15, 0.2) is 0 Å². The van der Waals surface area contributed by atoms with Gasteiger partial charge in [-0.1, -0.05) is 0 Å². The van der Waals surface area contributed by atoms with Crippen LogP contribution in [0.5, 0.6) is 0 Å². The summed E-state index contributed by atoms with van der Waals surface area (Å²) in [4.78, 5) is 3.19. The van der Waals surface area contributed by atoms with E-state index >= 15 is 0 Å². The Labute approximate surface area is 76.2 Å². The standard InChI is InChI=1S/C8H11N3S/c1-5-4-11(2)8(9)6-3-10-12-7(5)6/h3,9-10H,4H2,1-2H3. The van der Waals surface area contributed by atoms with Crippen LogP contribution in [-0.2, 0) is 0 Å². The number of rotatable bonds is 0. The molecule has 0 aromatic rings. The van der Waals surface area contributed by atoms with Gasteiger partial charge in [0.25, 0.3) is 0 Å². The van der Waals surface area contributed by atoms with Gasteiger partial charge >= 0.3 is 0 Å². The number of fused-ring (bicyclic) bond motifs is 1. The summed E-state index contributed by atoms with van der Waals surface area (Å²) in [5, 5.41) is 7.78. The summed E-state index contributed by atoms with van der Waals surface area (Å²) < 4.78 is 3.07. The van der Waals surface area contributed by atoms with Gasteiger partial charge in [-0.15, -0.1) is 0 Å². The zero-order valence-electron chi connectivity index (χ0n) is 7.14. The van der Waals surface area contributed by atoms with E-state index in [0.29, 0.717) is 5.84 Å². The van der Waals surface area contributed by atoms with Gasteiger partial charge in [0, 0.05) is 30.3 Å². The number of hydrogen-bond acceptors (Lipinski definition) is 3. The fraction of sp³-hybridized carbons (Fsp3) is 0.375. The predicted molar refractivity (Wildman–Crippen MR) is 51.9 cm³/mol. The van der Waals surface area contributed by atoms with Crippen molar-refractivity contribution in [3.05, 3.63) is 22.3 Å². The summed E-state index contributed by atoms with van der Waals surface area (Å²) in [6.45, 7) is 2.99. The highest BCUT2D eigenvalue weighted by molar-refractivity contribution is 8.02. The van der Waals surface area contributed by atoms with Crippen LogP contribution in [0.25, 0.3) is 0 Å². The Balaban J connectivity index is 2.47. The molecule has 2 aliphatic rings. The molecular formula is C8H11N3S. The molecule has 0 bridgehead atoms. The lowest BCUT2D eigenvalue weighted by atomic mass is 10.1. The molecule has 0 aromatic heterocycles. The Bertz CT molecular complexity index is 303. The summed E-state index contributed by atoms with van der Waals surface area (Å²) in [7, 11) is 1.95. The normalized spacial score (nSPS) is 22.3. The van der Waals surface area contributed by atoms with Crippen LogP contribution in [-0.4, -0.2) is 24.3 Å². The van der Waals surface area contributed by atoms with E-state index in [1.807, 2.05) is 18.1 Å². The molecule has 3 nitrogen and oxygen atoms in total. The zero-order valence-corrected chi connectivity index (χ0v) is 7.96. The average Bonchev–Trinajstić information content (AvgIpc) is 2.48. The van der Waals surface area contributed by atoms with Crippen LogP contribution in [0.15, 0.2) is 22.3 Å². The molecule has 0 aromatic carbocycles. The van der Waals surface area contributed by atoms with Crippen LogP contribution in [0, 0.1) is 5.41 Å². The summed E-state index contributed by atoms with van der Waals surface area (Å²) in [6, 6.07) is 0. The van der Waals surface area contributed by atoms with Gasteiger partial charge in [0.2, 0.25) is 0 Å². The van der Waals surface area contributed by atoms with E-state index in [-0.39, 0.29) is 0 Å². The van der Waals surface area contributed by atoms with Crippen LogP contribution in [0.2, 0.25) is 0 Å². The predicted octanol–water partition coefficient (Wildman–Crippen LogP) is 1.32. The lowest BCUT2D eigenvalue weighted by Gasteiger charge is -2.27. The average molecular weight is 181 g/mol. The number of hydrogen-bond donors (Lipinski definition) is 2. The first-order chi connectivity index (χ1) is 5.70. The molecule has 0 radical (unpaired) electrons. The molecule has 0 saturated heterocycles. The van der Waals surface area contributed by atoms with Crippen LogP contribution < -0.4 is 4.72 Å². The van der Waals surface area contributed by atoms with Crippen molar-refractivity contribution in [2.75, 3.05) is 13.6 Å². The maximum atomic E-state index is 7.78. The van der Waals surface area contributed by atoms with Crippen LogP contribution in [0.1, 0.15) is 6.92 Å². The van der Waals surface area contributed by atoms with Crippen LogP contribution in [0.3, 0.4) is 0 Å². The summed E-state index contributed by atoms with van der Waals surface area (Å²) in [5.41, 5.74) is 2.38. The highest BCUT2D eigenvalue weighted by Crippen LogP contribution is 2.34. The van der Waals surface area contributed by atoms with Crippen molar-refractivity contribution < 1.29 is 0 Å². The molecule has 2 N–H and O–H groups in total. The molecule has 12 heavy (non-hydrogen) atoms. The van der Waals surface area contributed by atoms with E-state index in [2.05, 4.69) is 11.6 Å².